The molecule has 1 saturated heterocycles. The smallest absolute Gasteiger partial charge is 0.407 e. The lowest BCUT2D eigenvalue weighted by Gasteiger charge is -2.32. The molecule has 132 valence electrons. The Morgan fingerprint density at radius 1 is 1.21 bits per heavy atom. The SMILES string of the molecule is CCCCOC(=O)NC1CCN(C(=O)c2ccc(OC)cc2)CC1. The number of ether oxygens (including phenoxy) is 2. The summed E-state index contributed by atoms with van der Waals surface area (Å²) < 4.78 is 10.2. The Morgan fingerprint density at radius 2 is 1.88 bits per heavy atom. The summed E-state index contributed by atoms with van der Waals surface area (Å²) in [5.41, 5.74) is 0.654. The number of hydrogen-bond acceptors (Lipinski definition) is 4. The van der Waals surface area contributed by atoms with Crippen molar-refractivity contribution in [1.29, 1.82) is 0 Å². The Morgan fingerprint density at radius 3 is 2.46 bits per heavy atom. The highest BCUT2D eigenvalue weighted by Crippen LogP contribution is 2.17. The molecule has 1 fully saturated rings. The number of amides is 2. The van der Waals surface area contributed by atoms with E-state index in [4.69, 9.17) is 9.47 Å². The zero-order valence-electron chi connectivity index (χ0n) is 14.4. The second-order valence-electron chi connectivity index (χ2n) is 5.93. The molecule has 0 radical (unpaired) electrons. The van der Waals surface area contributed by atoms with Crippen molar-refractivity contribution in [2.24, 2.45) is 0 Å². The van der Waals surface area contributed by atoms with E-state index in [2.05, 4.69) is 12.2 Å². The van der Waals surface area contributed by atoms with Gasteiger partial charge in [-0.25, -0.2) is 4.79 Å². The molecule has 24 heavy (non-hydrogen) atoms. The van der Waals surface area contributed by atoms with Gasteiger partial charge in [0.1, 0.15) is 5.75 Å². The lowest BCUT2D eigenvalue weighted by molar-refractivity contribution is 0.0701. The lowest BCUT2D eigenvalue weighted by atomic mass is 10.0. The summed E-state index contributed by atoms with van der Waals surface area (Å²) in [6.45, 7) is 3.77. The highest BCUT2D eigenvalue weighted by molar-refractivity contribution is 5.94. The van der Waals surface area contributed by atoms with E-state index in [0.29, 0.717) is 25.3 Å². The molecule has 1 heterocycles. The van der Waals surface area contributed by atoms with Gasteiger partial charge >= 0.3 is 6.09 Å². The molecule has 0 atom stereocenters. The van der Waals surface area contributed by atoms with Crippen LogP contribution in [0.15, 0.2) is 24.3 Å². The van der Waals surface area contributed by atoms with Crippen LogP contribution in [0.4, 0.5) is 4.79 Å². The average Bonchev–Trinajstić information content (AvgIpc) is 2.62. The van der Waals surface area contributed by atoms with Crippen molar-refractivity contribution in [1.82, 2.24) is 10.2 Å². The fourth-order valence-electron chi connectivity index (χ4n) is 2.66. The predicted molar refractivity (Wildman–Crippen MR) is 91.3 cm³/mol. The van der Waals surface area contributed by atoms with Crippen LogP contribution in [0.2, 0.25) is 0 Å². The summed E-state index contributed by atoms with van der Waals surface area (Å²) >= 11 is 0. The zero-order valence-corrected chi connectivity index (χ0v) is 14.4. The van der Waals surface area contributed by atoms with Crippen molar-refractivity contribution in [2.45, 2.75) is 38.6 Å². The van der Waals surface area contributed by atoms with Gasteiger partial charge < -0.3 is 19.7 Å². The molecule has 1 aromatic carbocycles. The number of hydrogen-bond donors (Lipinski definition) is 1. The Hall–Kier alpha value is -2.24. The normalized spacial score (nSPS) is 15.0. The van der Waals surface area contributed by atoms with Crippen LogP contribution in [0.3, 0.4) is 0 Å². The van der Waals surface area contributed by atoms with Crippen molar-refractivity contribution >= 4 is 12.0 Å². The number of likely N-dealkylation sites (tertiary alicyclic amines) is 1. The van der Waals surface area contributed by atoms with Crippen LogP contribution in [0.1, 0.15) is 43.0 Å². The van der Waals surface area contributed by atoms with Gasteiger partial charge in [0, 0.05) is 24.7 Å². The first-order chi connectivity index (χ1) is 11.6. The van der Waals surface area contributed by atoms with E-state index in [-0.39, 0.29) is 18.0 Å². The van der Waals surface area contributed by atoms with Gasteiger partial charge in [-0.15, -0.1) is 0 Å². The third-order valence-electron chi connectivity index (χ3n) is 4.17. The van der Waals surface area contributed by atoms with E-state index in [1.807, 2.05) is 4.90 Å². The van der Waals surface area contributed by atoms with E-state index >= 15 is 0 Å². The second kappa shape index (κ2) is 9.15. The lowest BCUT2D eigenvalue weighted by Crippen LogP contribution is -2.46. The van der Waals surface area contributed by atoms with Gasteiger partial charge in [-0.05, 0) is 43.5 Å². The van der Waals surface area contributed by atoms with E-state index in [0.717, 1.165) is 31.4 Å². The van der Waals surface area contributed by atoms with Crippen molar-refractivity contribution in [3.8, 4) is 5.75 Å². The number of carbonyl (C=O) groups is 2. The van der Waals surface area contributed by atoms with Crippen molar-refractivity contribution in [2.75, 3.05) is 26.8 Å². The standard InChI is InChI=1S/C18H26N2O4/c1-3-4-13-24-18(22)19-15-9-11-20(12-10-15)17(21)14-5-7-16(23-2)8-6-14/h5-8,15H,3-4,9-13H2,1-2H3,(H,19,22). The Labute approximate surface area is 143 Å². The van der Waals surface area contributed by atoms with Gasteiger partial charge in [-0.1, -0.05) is 13.3 Å². The van der Waals surface area contributed by atoms with Crippen LogP contribution in [0.25, 0.3) is 0 Å². The first-order valence-electron chi connectivity index (χ1n) is 8.50. The van der Waals surface area contributed by atoms with Gasteiger partial charge in [-0.2, -0.15) is 0 Å². The highest BCUT2D eigenvalue weighted by atomic mass is 16.5. The van der Waals surface area contributed by atoms with Crippen LogP contribution in [0.5, 0.6) is 5.75 Å². The zero-order chi connectivity index (χ0) is 17.4. The quantitative estimate of drug-likeness (QED) is 0.812. The third-order valence-corrected chi connectivity index (χ3v) is 4.17. The van der Waals surface area contributed by atoms with Gasteiger partial charge in [-0.3, -0.25) is 4.79 Å². The van der Waals surface area contributed by atoms with Crippen molar-refractivity contribution in [3.63, 3.8) is 0 Å². The number of piperidine rings is 1. The molecule has 1 aliphatic heterocycles. The number of unbranched alkanes of at least 4 members (excludes halogenated alkanes) is 1. The fourth-order valence-corrected chi connectivity index (χ4v) is 2.66. The van der Waals surface area contributed by atoms with Crippen LogP contribution >= 0.6 is 0 Å². The topological polar surface area (TPSA) is 67.9 Å². The molecule has 0 spiro atoms. The number of methoxy groups -OCH3 is 1. The van der Waals surface area contributed by atoms with Gasteiger partial charge in [0.05, 0.1) is 13.7 Å². The molecule has 6 nitrogen and oxygen atoms in total. The first-order valence-corrected chi connectivity index (χ1v) is 8.50. The third kappa shape index (κ3) is 5.15. The fraction of sp³-hybridized carbons (Fsp3) is 0.556. The number of carbonyl (C=O) groups excluding carboxylic acids is 2. The highest BCUT2D eigenvalue weighted by Gasteiger charge is 2.24. The summed E-state index contributed by atoms with van der Waals surface area (Å²) in [5.74, 6) is 0.748. The number of rotatable bonds is 6. The average molecular weight is 334 g/mol. The summed E-state index contributed by atoms with van der Waals surface area (Å²) in [5, 5.41) is 2.88. The second-order valence-corrected chi connectivity index (χ2v) is 5.93. The molecule has 0 aromatic heterocycles. The van der Waals surface area contributed by atoms with E-state index < -0.39 is 0 Å². The molecule has 1 N–H and O–H groups in total. The monoisotopic (exact) mass is 334 g/mol. The summed E-state index contributed by atoms with van der Waals surface area (Å²) in [7, 11) is 1.60. The van der Waals surface area contributed by atoms with Crippen molar-refractivity contribution < 1.29 is 19.1 Å². The Balaban J connectivity index is 1.77. The maximum Gasteiger partial charge on any atom is 0.407 e. The molecule has 0 saturated carbocycles. The minimum atomic E-state index is -0.358. The number of alkyl carbamates (subject to hydrolysis) is 1. The summed E-state index contributed by atoms with van der Waals surface area (Å²) in [4.78, 5) is 26.0. The van der Waals surface area contributed by atoms with Gasteiger partial charge in [0.25, 0.3) is 5.91 Å². The van der Waals surface area contributed by atoms with Gasteiger partial charge in [0.2, 0.25) is 0 Å². The number of benzene rings is 1. The molecular weight excluding hydrogens is 308 g/mol. The van der Waals surface area contributed by atoms with Gasteiger partial charge in [0.15, 0.2) is 0 Å². The molecule has 0 aliphatic carbocycles. The largest absolute Gasteiger partial charge is 0.497 e. The molecule has 0 unspecified atom stereocenters. The molecule has 6 heteroatoms. The molecule has 2 amide bonds. The minimum Gasteiger partial charge on any atom is -0.497 e. The molecule has 1 aromatic rings. The Kier molecular flexibility index (Phi) is 6.90. The maximum absolute atomic E-state index is 12.5. The maximum atomic E-state index is 12.5. The summed E-state index contributed by atoms with van der Waals surface area (Å²) in [6.07, 6.45) is 3.00. The minimum absolute atomic E-state index is 0.0154. The molecule has 1 aliphatic rings. The molecule has 0 bridgehead atoms. The summed E-state index contributed by atoms with van der Waals surface area (Å²) in [6, 6.07) is 7.19. The van der Waals surface area contributed by atoms with Crippen LogP contribution in [-0.4, -0.2) is 49.7 Å². The number of nitrogens with one attached hydrogen (secondary N) is 1. The van der Waals surface area contributed by atoms with E-state index in [1.54, 1.807) is 31.4 Å². The molecule has 2 rings (SSSR count). The Bertz CT molecular complexity index is 536. The number of nitrogens with zero attached hydrogens (tertiary/aromatic N) is 1. The van der Waals surface area contributed by atoms with E-state index in [1.165, 1.54) is 0 Å². The van der Waals surface area contributed by atoms with Crippen LogP contribution < -0.4 is 10.1 Å². The van der Waals surface area contributed by atoms with Crippen molar-refractivity contribution in [3.05, 3.63) is 29.8 Å². The predicted octanol–water partition coefficient (Wildman–Crippen LogP) is 2.83. The van der Waals surface area contributed by atoms with Crippen LogP contribution in [-0.2, 0) is 4.74 Å². The first kappa shape index (κ1) is 18.1. The van der Waals surface area contributed by atoms with Crippen LogP contribution in [0, 0.1) is 0 Å². The van der Waals surface area contributed by atoms with E-state index in [9.17, 15) is 9.59 Å². The molecular formula is C18H26N2O4.